The molecule has 2 rings (SSSR count). The number of anilines is 1. The number of ether oxygens (including phenoxy) is 2. The number of hydrogen-bond donors (Lipinski definition) is 2. The van der Waals surface area contributed by atoms with Crippen molar-refractivity contribution in [2.45, 2.75) is 13.3 Å². The molecule has 0 aromatic heterocycles. The first-order chi connectivity index (χ1) is 12.7. The molecule has 0 aliphatic rings. The Balaban J connectivity index is 2.03. The molecule has 0 atom stereocenters. The normalized spacial score (nSPS) is 10.2. The smallest absolute Gasteiger partial charge is 0.255 e. The van der Waals surface area contributed by atoms with Gasteiger partial charge in [0.2, 0.25) is 0 Å². The fourth-order valence-corrected chi connectivity index (χ4v) is 2.36. The van der Waals surface area contributed by atoms with E-state index in [4.69, 9.17) is 9.47 Å². The molecule has 0 aliphatic heterocycles. The minimum atomic E-state index is -0.305. The number of carbonyl (C=O) groups is 2. The fraction of sp³-hybridized carbons (Fsp3) is 0.300. The minimum absolute atomic E-state index is 0.233. The molecule has 0 unspecified atom stereocenters. The van der Waals surface area contributed by atoms with Crippen LogP contribution in [0, 0.1) is 0 Å². The molecule has 0 spiro atoms. The lowest BCUT2D eigenvalue weighted by molar-refractivity contribution is 0.0945. The van der Waals surface area contributed by atoms with Crippen molar-refractivity contribution in [3.8, 4) is 5.75 Å². The van der Waals surface area contributed by atoms with Crippen LogP contribution in [-0.2, 0) is 4.74 Å². The highest BCUT2D eigenvalue weighted by Gasteiger charge is 2.14. The van der Waals surface area contributed by atoms with Gasteiger partial charge in [0.1, 0.15) is 5.75 Å². The zero-order valence-corrected chi connectivity index (χ0v) is 15.1. The lowest BCUT2D eigenvalue weighted by Gasteiger charge is -2.12. The third-order valence-corrected chi connectivity index (χ3v) is 3.71. The molecule has 2 aromatic carbocycles. The number of nitrogens with one attached hydrogen (secondary N) is 2. The van der Waals surface area contributed by atoms with Gasteiger partial charge >= 0.3 is 0 Å². The van der Waals surface area contributed by atoms with Gasteiger partial charge in [-0.2, -0.15) is 0 Å². The number of hydrogen-bond acceptors (Lipinski definition) is 4. The van der Waals surface area contributed by atoms with E-state index in [0.717, 1.165) is 6.42 Å². The van der Waals surface area contributed by atoms with Gasteiger partial charge in [-0.05, 0) is 43.7 Å². The fourth-order valence-electron chi connectivity index (χ4n) is 2.36. The van der Waals surface area contributed by atoms with Crippen LogP contribution in [-0.4, -0.2) is 38.7 Å². The van der Waals surface area contributed by atoms with E-state index >= 15 is 0 Å². The Morgan fingerprint density at radius 2 is 1.85 bits per heavy atom. The van der Waals surface area contributed by atoms with Gasteiger partial charge in [0.15, 0.2) is 0 Å². The Bertz CT molecular complexity index is 746. The lowest BCUT2D eigenvalue weighted by Crippen LogP contribution is -2.26. The first-order valence-corrected chi connectivity index (χ1v) is 8.56. The average Bonchev–Trinajstić information content (AvgIpc) is 2.68. The molecule has 138 valence electrons. The van der Waals surface area contributed by atoms with E-state index in [-0.39, 0.29) is 11.8 Å². The first-order valence-electron chi connectivity index (χ1n) is 8.56. The van der Waals surface area contributed by atoms with Crippen LogP contribution in [0.4, 0.5) is 5.69 Å². The molecule has 26 heavy (non-hydrogen) atoms. The molecule has 0 aliphatic carbocycles. The van der Waals surface area contributed by atoms with Gasteiger partial charge in [0.05, 0.1) is 18.4 Å². The quantitative estimate of drug-likeness (QED) is 0.677. The van der Waals surface area contributed by atoms with Gasteiger partial charge in [-0.1, -0.05) is 18.2 Å². The maximum Gasteiger partial charge on any atom is 0.255 e. The van der Waals surface area contributed by atoms with E-state index in [9.17, 15) is 9.59 Å². The predicted octanol–water partition coefficient (Wildman–Crippen LogP) is 3.10. The summed E-state index contributed by atoms with van der Waals surface area (Å²) in [5.41, 5.74) is 1.33. The number of amides is 2. The minimum Gasteiger partial charge on any atom is -0.497 e. The number of methoxy groups -OCH3 is 1. The van der Waals surface area contributed by atoms with Crippen LogP contribution in [0.3, 0.4) is 0 Å². The van der Waals surface area contributed by atoms with Crippen LogP contribution in [0.1, 0.15) is 34.1 Å². The summed E-state index contributed by atoms with van der Waals surface area (Å²) in [7, 11) is 1.54. The summed E-state index contributed by atoms with van der Waals surface area (Å²) in [4.78, 5) is 24.9. The van der Waals surface area contributed by atoms with Crippen LogP contribution in [0.25, 0.3) is 0 Å². The van der Waals surface area contributed by atoms with Crippen LogP contribution in [0.2, 0.25) is 0 Å². The van der Waals surface area contributed by atoms with Gasteiger partial charge in [-0.25, -0.2) is 0 Å². The van der Waals surface area contributed by atoms with Crippen LogP contribution in [0.5, 0.6) is 5.75 Å². The molecule has 0 saturated carbocycles. The van der Waals surface area contributed by atoms with Crippen LogP contribution >= 0.6 is 0 Å². The highest BCUT2D eigenvalue weighted by atomic mass is 16.5. The standard InChI is InChI=1S/C20H24N2O4/c1-3-26-13-7-12-21-20(24)17-10-4-5-11-18(17)22-19(23)15-8-6-9-16(14-15)25-2/h4-6,8-11,14H,3,7,12-13H2,1-2H3,(H,21,24)(H,22,23). The maximum atomic E-state index is 12.5. The second-order valence-corrected chi connectivity index (χ2v) is 5.54. The summed E-state index contributed by atoms with van der Waals surface area (Å²) in [6, 6.07) is 13.8. The SMILES string of the molecule is CCOCCCNC(=O)c1ccccc1NC(=O)c1cccc(OC)c1. The third-order valence-electron chi connectivity index (χ3n) is 3.71. The Morgan fingerprint density at radius 1 is 1.04 bits per heavy atom. The predicted molar refractivity (Wildman–Crippen MR) is 101 cm³/mol. The van der Waals surface area contributed by atoms with Gasteiger partial charge in [0.25, 0.3) is 11.8 Å². The molecular weight excluding hydrogens is 332 g/mol. The Kier molecular flexibility index (Phi) is 7.64. The van der Waals surface area contributed by atoms with Crippen LogP contribution in [0.15, 0.2) is 48.5 Å². The second-order valence-electron chi connectivity index (χ2n) is 5.54. The molecule has 0 radical (unpaired) electrons. The molecule has 0 bridgehead atoms. The molecule has 0 saturated heterocycles. The summed E-state index contributed by atoms with van der Waals surface area (Å²) < 4.78 is 10.4. The monoisotopic (exact) mass is 356 g/mol. The highest BCUT2D eigenvalue weighted by molar-refractivity contribution is 6.09. The number of para-hydroxylation sites is 1. The summed E-state index contributed by atoms with van der Waals surface area (Å²) in [6.45, 7) is 3.70. The number of carbonyl (C=O) groups excluding carboxylic acids is 2. The van der Waals surface area contributed by atoms with Gasteiger partial charge < -0.3 is 20.1 Å². The molecule has 2 amide bonds. The Morgan fingerprint density at radius 3 is 2.62 bits per heavy atom. The van der Waals surface area contributed by atoms with E-state index in [1.54, 1.807) is 55.6 Å². The average molecular weight is 356 g/mol. The lowest BCUT2D eigenvalue weighted by atomic mass is 10.1. The van der Waals surface area contributed by atoms with Crippen molar-refractivity contribution in [3.05, 3.63) is 59.7 Å². The zero-order chi connectivity index (χ0) is 18.8. The van der Waals surface area contributed by atoms with Crippen molar-refractivity contribution in [3.63, 3.8) is 0 Å². The Hall–Kier alpha value is -2.86. The third kappa shape index (κ3) is 5.60. The number of rotatable bonds is 9. The van der Waals surface area contributed by atoms with Crippen molar-refractivity contribution in [2.24, 2.45) is 0 Å². The van der Waals surface area contributed by atoms with Crippen molar-refractivity contribution in [1.29, 1.82) is 0 Å². The van der Waals surface area contributed by atoms with E-state index < -0.39 is 0 Å². The molecule has 0 fully saturated rings. The summed E-state index contributed by atoms with van der Waals surface area (Å²) in [5.74, 6) is 0.0570. The highest BCUT2D eigenvalue weighted by Crippen LogP contribution is 2.18. The van der Waals surface area contributed by atoms with E-state index in [1.807, 2.05) is 6.92 Å². The van der Waals surface area contributed by atoms with Gasteiger partial charge in [-0.15, -0.1) is 0 Å². The van der Waals surface area contributed by atoms with E-state index in [2.05, 4.69) is 10.6 Å². The van der Waals surface area contributed by atoms with Crippen molar-refractivity contribution >= 4 is 17.5 Å². The summed E-state index contributed by atoms with van der Waals surface area (Å²) >= 11 is 0. The van der Waals surface area contributed by atoms with Crippen molar-refractivity contribution < 1.29 is 19.1 Å². The zero-order valence-electron chi connectivity index (χ0n) is 15.1. The van der Waals surface area contributed by atoms with E-state index in [0.29, 0.717) is 42.3 Å². The van der Waals surface area contributed by atoms with Crippen molar-refractivity contribution in [1.82, 2.24) is 5.32 Å². The molecule has 0 heterocycles. The van der Waals surface area contributed by atoms with Crippen molar-refractivity contribution in [2.75, 3.05) is 32.2 Å². The van der Waals surface area contributed by atoms with Gasteiger partial charge in [0, 0.05) is 25.3 Å². The molecule has 6 nitrogen and oxygen atoms in total. The largest absolute Gasteiger partial charge is 0.497 e. The summed E-state index contributed by atoms with van der Waals surface area (Å²) in [6.07, 6.45) is 0.734. The molecule has 2 aromatic rings. The van der Waals surface area contributed by atoms with E-state index in [1.165, 1.54) is 0 Å². The summed E-state index contributed by atoms with van der Waals surface area (Å²) in [5, 5.41) is 5.63. The first kappa shape index (κ1) is 19.5. The topological polar surface area (TPSA) is 76.7 Å². The Labute approximate surface area is 153 Å². The molecule has 6 heteroatoms. The van der Waals surface area contributed by atoms with Gasteiger partial charge in [-0.3, -0.25) is 9.59 Å². The van der Waals surface area contributed by atoms with Crippen LogP contribution < -0.4 is 15.4 Å². The molecule has 2 N–H and O–H groups in total. The second kappa shape index (κ2) is 10.2. The molecular formula is C20H24N2O4. The maximum absolute atomic E-state index is 12.5. The number of benzene rings is 2.